The van der Waals surface area contributed by atoms with E-state index in [-0.39, 0.29) is 18.2 Å². The van der Waals surface area contributed by atoms with Crippen LogP contribution in [0.25, 0.3) is 0 Å². The summed E-state index contributed by atoms with van der Waals surface area (Å²) in [6.07, 6.45) is 3.83. The van der Waals surface area contributed by atoms with Crippen molar-refractivity contribution in [3.05, 3.63) is 0 Å². The van der Waals surface area contributed by atoms with Crippen LogP contribution >= 0.6 is 0 Å². The Morgan fingerprint density at radius 3 is 2.87 bits per heavy atom. The van der Waals surface area contributed by atoms with Crippen molar-refractivity contribution >= 4 is 5.78 Å². The van der Waals surface area contributed by atoms with Crippen LogP contribution in [0.15, 0.2) is 0 Å². The molecule has 2 unspecified atom stereocenters. The highest BCUT2D eigenvalue weighted by atomic mass is 16.7. The fourth-order valence-electron chi connectivity index (χ4n) is 1.90. The van der Waals surface area contributed by atoms with Gasteiger partial charge in [-0.15, -0.1) is 0 Å². The van der Waals surface area contributed by atoms with E-state index >= 15 is 0 Å². The molecule has 0 spiro atoms. The van der Waals surface area contributed by atoms with E-state index in [2.05, 4.69) is 0 Å². The quantitative estimate of drug-likeness (QED) is 0.705. The van der Waals surface area contributed by atoms with E-state index in [1.807, 2.05) is 13.8 Å². The molecule has 0 bridgehead atoms. The van der Waals surface area contributed by atoms with Crippen LogP contribution in [0.5, 0.6) is 0 Å². The minimum absolute atomic E-state index is 0.0990. The summed E-state index contributed by atoms with van der Waals surface area (Å²) in [5, 5.41) is 0. The first kappa shape index (κ1) is 12.7. The van der Waals surface area contributed by atoms with Crippen molar-refractivity contribution in [3.63, 3.8) is 0 Å². The second kappa shape index (κ2) is 6.23. The zero-order chi connectivity index (χ0) is 11.3. The van der Waals surface area contributed by atoms with Gasteiger partial charge in [-0.1, -0.05) is 0 Å². The third-order valence-corrected chi connectivity index (χ3v) is 2.66. The highest BCUT2D eigenvalue weighted by Gasteiger charge is 2.27. The van der Waals surface area contributed by atoms with Gasteiger partial charge in [-0.05, 0) is 40.0 Å². The number of hydrogen-bond acceptors (Lipinski definition) is 3. The first-order valence-corrected chi connectivity index (χ1v) is 5.86. The van der Waals surface area contributed by atoms with Crippen LogP contribution in [0.3, 0.4) is 0 Å². The maximum atomic E-state index is 10.9. The monoisotopic (exact) mass is 214 g/mol. The second-order valence-corrected chi connectivity index (χ2v) is 4.57. The predicted octanol–water partition coefficient (Wildman–Crippen LogP) is 2.53. The lowest BCUT2D eigenvalue weighted by atomic mass is 9.94. The average Bonchev–Trinajstić information content (AvgIpc) is 2.15. The van der Waals surface area contributed by atoms with Gasteiger partial charge in [0.1, 0.15) is 5.78 Å². The Bertz CT molecular complexity index is 201. The second-order valence-electron chi connectivity index (χ2n) is 4.57. The van der Waals surface area contributed by atoms with E-state index < -0.39 is 0 Å². The van der Waals surface area contributed by atoms with Crippen molar-refractivity contribution in [1.29, 1.82) is 0 Å². The molecule has 3 heteroatoms. The molecule has 1 fully saturated rings. The molecule has 88 valence electrons. The van der Waals surface area contributed by atoms with Crippen LogP contribution in [0.1, 0.15) is 46.5 Å². The van der Waals surface area contributed by atoms with Gasteiger partial charge in [0.05, 0.1) is 6.10 Å². The molecular formula is C12H22O3. The smallest absolute Gasteiger partial charge is 0.160 e. The van der Waals surface area contributed by atoms with E-state index in [1.165, 1.54) is 0 Å². The van der Waals surface area contributed by atoms with Gasteiger partial charge in [-0.25, -0.2) is 0 Å². The van der Waals surface area contributed by atoms with Crippen LogP contribution in [-0.2, 0) is 14.3 Å². The molecule has 0 N–H and O–H groups in total. The van der Waals surface area contributed by atoms with Crippen LogP contribution in [-0.4, -0.2) is 24.8 Å². The lowest BCUT2D eigenvalue weighted by Crippen LogP contribution is -2.34. The molecule has 1 rings (SSSR count). The molecule has 0 saturated carbocycles. The molecule has 3 nitrogen and oxygen atoms in total. The topological polar surface area (TPSA) is 35.5 Å². The molecule has 0 radical (unpaired) electrons. The summed E-state index contributed by atoms with van der Waals surface area (Å²) in [6.45, 7) is 6.45. The summed E-state index contributed by atoms with van der Waals surface area (Å²) in [5.41, 5.74) is 0. The number of ketones is 1. The Labute approximate surface area is 92.1 Å². The molecule has 15 heavy (non-hydrogen) atoms. The van der Waals surface area contributed by atoms with Crippen molar-refractivity contribution in [3.8, 4) is 0 Å². The largest absolute Gasteiger partial charge is 0.352 e. The number of carbonyl (C=O) groups excluding carboxylic acids is 1. The first-order chi connectivity index (χ1) is 7.09. The molecule has 0 amide bonds. The van der Waals surface area contributed by atoms with Gasteiger partial charge in [0.25, 0.3) is 0 Å². The zero-order valence-corrected chi connectivity index (χ0v) is 9.99. The SMILES string of the molecule is CC(=O)CCC1CCCOC1OC(C)C. The van der Waals surface area contributed by atoms with Gasteiger partial charge in [-0.2, -0.15) is 0 Å². The fraction of sp³-hybridized carbons (Fsp3) is 0.917. The number of Topliss-reactive ketones (excluding diaryl/α,β-unsaturated/α-hetero) is 1. The Balaban J connectivity index is 2.38. The molecule has 1 aliphatic rings. The van der Waals surface area contributed by atoms with Crippen molar-refractivity contribution in [2.45, 2.75) is 58.8 Å². The summed E-state index contributed by atoms with van der Waals surface area (Å²) < 4.78 is 11.3. The lowest BCUT2D eigenvalue weighted by Gasteiger charge is -2.32. The van der Waals surface area contributed by atoms with Gasteiger partial charge in [0.2, 0.25) is 0 Å². The average molecular weight is 214 g/mol. The van der Waals surface area contributed by atoms with Crippen LogP contribution in [0.2, 0.25) is 0 Å². The summed E-state index contributed by atoms with van der Waals surface area (Å²) in [7, 11) is 0. The fourth-order valence-corrected chi connectivity index (χ4v) is 1.90. The highest BCUT2D eigenvalue weighted by molar-refractivity contribution is 5.75. The first-order valence-electron chi connectivity index (χ1n) is 5.86. The molecule has 0 aromatic heterocycles. The maximum absolute atomic E-state index is 10.9. The zero-order valence-electron chi connectivity index (χ0n) is 9.99. The Morgan fingerprint density at radius 2 is 2.27 bits per heavy atom. The van der Waals surface area contributed by atoms with E-state index in [4.69, 9.17) is 9.47 Å². The van der Waals surface area contributed by atoms with Gasteiger partial charge in [0, 0.05) is 18.9 Å². The normalized spacial score (nSPS) is 26.9. The van der Waals surface area contributed by atoms with Crippen molar-refractivity contribution < 1.29 is 14.3 Å². The number of carbonyl (C=O) groups is 1. The van der Waals surface area contributed by atoms with E-state index in [0.717, 1.165) is 25.9 Å². The predicted molar refractivity (Wildman–Crippen MR) is 58.6 cm³/mol. The van der Waals surface area contributed by atoms with Gasteiger partial charge in [-0.3, -0.25) is 0 Å². The number of ether oxygens (including phenoxy) is 2. The van der Waals surface area contributed by atoms with Crippen LogP contribution in [0.4, 0.5) is 0 Å². The third kappa shape index (κ3) is 4.76. The Hall–Kier alpha value is -0.410. The minimum Gasteiger partial charge on any atom is -0.352 e. The molecular weight excluding hydrogens is 192 g/mol. The minimum atomic E-state index is -0.0990. The maximum Gasteiger partial charge on any atom is 0.160 e. The van der Waals surface area contributed by atoms with Crippen molar-refractivity contribution in [1.82, 2.24) is 0 Å². The van der Waals surface area contributed by atoms with Crippen LogP contribution < -0.4 is 0 Å². The van der Waals surface area contributed by atoms with E-state index in [9.17, 15) is 4.79 Å². The highest BCUT2D eigenvalue weighted by Crippen LogP contribution is 2.26. The standard InChI is InChI=1S/C12H22O3/c1-9(2)15-12-11(5-4-8-14-12)7-6-10(3)13/h9,11-12H,4-8H2,1-3H3. The van der Waals surface area contributed by atoms with Gasteiger partial charge >= 0.3 is 0 Å². The lowest BCUT2D eigenvalue weighted by molar-refractivity contribution is -0.210. The van der Waals surface area contributed by atoms with E-state index in [1.54, 1.807) is 6.92 Å². The molecule has 2 atom stereocenters. The third-order valence-electron chi connectivity index (χ3n) is 2.66. The summed E-state index contributed by atoms with van der Waals surface area (Å²) in [6, 6.07) is 0. The Morgan fingerprint density at radius 1 is 1.53 bits per heavy atom. The number of hydrogen-bond donors (Lipinski definition) is 0. The molecule has 1 saturated heterocycles. The molecule has 0 aliphatic carbocycles. The van der Waals surface area contributed by atoms with Crippen molar-refractivity contribution in [2.75, 3.05) is 6.61 Å². The number of rotatable bonds is 5. The molecule has 1 heterocycles. The van der Waals surface area contributed by atoms with Crippen molar-refractivity contribution in [2.24, 2.45) is 5.92 Å². The Kier molecular flexibility index (Phi) is 5.26. The summed E-state index contributed by atoms with van der Waals surface area (Å²) in [5.74, 6) is 0.647. The summed E-state index contributed by atoms with van der Waals surface area (Å²) in [4.78, 5) is 10.9. The molecule has 1 aliphatic heterocycles. The van der Waals surface area contributed by atoms with E-state index in [0.29, 0.717) is 12.3 Å². The van der Waals surface area contributed by atoms with Gasteiger partial charge in [0.15, 0.2) is 6.29 Å². The molecule has 0 aromatic rings. The van der Waals surface area contributed by atoms with Gasteiger partial charge < -0.3 is 14.3 Å². The summed E-state index contributed by atoms with van der Waals surface area (Å²) >= 11 is 0. The van der Waals surface area contributed by atoms with Crippen LogP contribution in [0, 0.1) is 5.92 Å². The molecule has 0 aromatic carbocycles.